The van der Waals surface area contributed by atoms with Gasteiger partial charge < -0.3 is 5.32 Å². The second-order valence-corrected chi connectivity index (χ2v) is 9.30. The van der Waals surface area contributed by atoms with Crippen LogP contribution < -0.4 is 5.32 Å². The lowest BCUT2D eigenvalue weighted by atomic mass is 10.0. The van der Waals surface area contributed by atoms with Crippen LogP contribution in [0.4, 0.5) is 26.3 Å². The molecule has 198 valence electrons. The SMILES string of the molecule is CC(C)Cc1ccc(-c2nc(C(=O)NCc3ccc(C(F)(F)F)cc3)c3cc(C(F)(F)F)ccc3n2)cc1. The van der Waals surface area contributed by atoms with Gasteiger partial charge in [0.2, 0.25) is 0 Å². The van der Waals surface area contributed by atoms with Crippen molar-refractivity contribution in [2.24, 2.45) is 5.92 Å². The number of carbonyl (C=O) groups is 1. The molecule has 4 nitrogen and oxygen atoms in total. The molecule has 0 unspecified atom stereocenters. The molecule has 1 amide bonds. The second kappa shape index (κ2) is 10.4. The summed E-state index contributed by atoms with van der Waals surface area (Å²) in [6.45, 7) is 4.02. The number of amides is 1. The predicted octanol–water partition coefficient (Wildman–Crippen LogP) is 7.46. The Morgan fingerprint density at radius 2 is 1.37 bits per heavy atom. The van der Waals surface area contributed by atoms with E-state index in [0.29, 0.717) is 17.0 Å². The summed E-state index contributed by atoms with van der Waals surface area (Å²) in [4.78, 5) is 21.8. The molecule has 10 heteroatoms. The lowest BCUT2D eigenvalue weighted by Gasteiger charge is -2.13. The van der Waals surface area contributed by atoms with Gasteiger partial charge in [0, 0.05) is 17.5 Å². The molecule has 0 saturated heterocycles. The van der Waals surface area contributed by atoms with Crippen molar-refractivity contribution in [1.82, 2.24) is 15.3 Å². The van der Waals surface area contributed by atoms with Crippen molar-refractivity contribution in [3.05, 3.63) is 94.7 Å². The minimum Gasteiger partial charge on any atom is -0.347 e. The van der Waals surface area contributed by atoms with E-state index in [0.717, 1.165) is 36.2 Å². The maximum atomic E-state index is 13.4. The summed E-state index contributed by atoms with van der Waals surface area (Å²) in [6, 6.07) is 14.5. The lowest BCUT2D eigenvalue weighted by molar-refractivity contribution is -0.138. The van der Waals surface area contributed by atoms with Gasteiger partial charge in [0.25, 0.3) is 5.91 Å². The van der Waals surface area contributed by atoms with Crippen molar-refractivity contribution in [2.75, 3.05) is 0 Å². The van der Waals surface area contributed by atoms with Gasteiger partial charge in [-0.1, -0.05) is 50.2 Å². The average Bonchev–Trinajstić information content (AvgIpc) is 2.85. The van der Waals surface area contributed by atoms with Crippen molar-refractivity contribution >= 4 is 16.8 Å². The van der Waals surface area contributed by atoms with Crippen LogP contribution in [0.1, 0.15) is 46.6 Å². The molecular weight excluding hydrogens is 508 g/mol. The molecule has 0 bridgehead atoms. The molecule has 38 heavy (non-hydrogen) atoms. The fourth-order valence-corrected chi connectivity index (χ4v) is 3.95. The minimum atomic E-state index is -4.65. The average molecular weight is 532 g/mol. The largest absolute Gasteiger partial charge is 0.416 e. The summed E-state index contributed by atoms with van der Waals surface area (Å²) < 4.78 is 78.6. The summed E-state index contributed by atoms with van der Waals surface area (Å²) in [7, 11) is 0. The van der Waals surface area contributed by atoms with Crippen molar-refractivity contribution in [1.29, 1.82) is 0 Å². The molecule has 0 atom stereocenters. The van der Waals surface area contributed by atoms with Gasteiger partial charge in [0.05, 0.1) is 16.6 Å². The van der Waals surface area contributed by atoms with Crippen LogP contribution in [0.25, 0.3) is 22.3 Å². The molecule has 0 fully saturated rings. The van der Waals surface area contributed by atoms with Crippen LogP contribution in [-0.2, 0) is 25.3 Å². The zero-order chi connectivity index (χ0) is 27.7. The maximum absolute atomic E-state index is 13.4. The van der Waals surface area contributed by atoms with Crippen molar-refractivity contribution in [2.45, 2.75) is 39.2 Å². The fourth-order valence-electron chi connectivity index (χ4n) is 3.95. The first-order valence-electron chi connectivity index (χ1n) is 11.7. The van der Waals surface area contributed by atoms with E-state index in [-0.39, 0.29) is 29.0 Å². The number of carbonyl (C=O) groups excluding carboxylic acids is 1. The number of hydrogen-bond acceptors (Lipinski definition) is 3. The van der Waals surface area contributed by atoms with E-state index in [4.69, 9.17) is 0 Å². The number of hydrogen-bond donors (Lipinski definition) is 1. The third kappa shape index (κ3) is 6.30. The van der Waals surface area contributed by atoms with Crippen LogP contribution in [0.5, 0.6) is 0 Å². The number of nitrogens with zero attached hydrogens (tertiary/aromatic N) is 2. The quantitative estimate of drug-likeness (QED) is 0.263. The first-order valence-corrected chi connectivity index (χ1v) is 11.7. The van der Waals surface area contributed by atoms with Gasteiger partial charge in [-0.05, 0) is 53.8 Å². The van der Waals surface area contributed by atoms with Crippen LogP contribution in [0.15, 0.2) is 66.7 Å². The van der Waals surface area contributed by atoms with Crippen molar-refractivity contribution in [3.63, 3.8) is 0 Å². The number of benzene rings is 3. The molecule has 1 N–H and O–H groups in total. The standard InChI is InChI=1S/C28H23F6N3O/c1-16(2)13-17-3-7-19(8-4-17)25-36-23-12-11-21(28(32,33)34)14-22(23)24(37-25)26(38)35-15-18-5-9-20(10-6-18)27(29,30)31/h3-12,14,16H,13,15H2,1-2H3,(H,35,38). The predicted molar refractivity (Wildman–Crippen MR) is 131 cm³/mol. The van der Waals surface area contributed by atoms with Crippen LogP contribution in [-0.4, -0.2) is 15.9 Å². The van der Waals surface area contributed by atoms with E-state index in [1.165, 1.54) is 18.2 Å². The number of alkyl halides is 6. The Bertz CT molecular complexity index is 1440. The summed E-state index contributed by atoms with van der Waals surface area (Å²) in [5, 5.41) is 2.45. The highest BCUT2D eigenvalue weighted by Gasteiger charge is 2.32. The lowest BCUT2D eigenvalue weighted by Crippen LogP contribution is -2.24. The maximum Gasteiger partial charge on any atom is 0.416 e. The zero-order valence-electron chi connectivity index (χ0n) is 20.4. The van der Waals surface area contributed by atoms with Crippen LogP contribution in [0, 0.1) is 5.92 Å². The molecule has 0 spiro atoms. The number of fused-ring (bicyclic) bond motifs is 1. The highest BCUT2D eigenvalue weighted by molar-refractivity contribution is 6.05. The Balaban J connectivity index is 1.69. The molecule has 0 radical (unpaired) electrons. The van der Waals surface area contributed by atoms with Gasteiger partial charge >= 0.3 is 12.4 Å². The minimum absolute atomic E-state index is 0.0927. The second-order valence-electron chi connectivity index (χ2n) is 9.30. The van der Waals surface area contributed by atoms with Gasteiger partial charge in [-0.25, -0.2) is 9.97 Å². The van der Waals surface area contributed by atoms with Gasteiger partial charge in [0.1, 0.15) is 5.69 Å². The Hall–Kier alpha value is -3.95. The Labute approximate surface area is 214 Å². The van der Waals surface area contributed by atoms with Crippen LogP contribution >= 0.6 is 0 Å². The molecular formula is C28H23F6N3O. The number of nitrogens with one attached hydrogen (secondary N) is 1. The third-order valence-corrected chi connectivity index (χ3v) is 5.83. The smallest absolute Gasteiger partial charge is 0.347 e. The molecule has 1 heterocycles. The Morgan fingerprint density at radius 1 is 0.789 bits per heavy atom. The molecule has 0 saturated carbocycles. The van der Waals surface area contributed by atoms with E-state index in [2.05, 4.69) is 29.1 Å². The van der Waals surface area contributed by atoms with Gasteiger partial charge in [-0.2, -0.15) is 26.3 Å². The highest BCUT2D eigenvalue weighted by Crippen LogP contribution is 2.33. The summed E-state index contributed by atoms with van der Waals surface area (Å²) in [5.41, 5.74) is 0.129. The van der Waals surface area contributed by atoms with Crippen molar-refractivity contribution in [3.8, 4) is 11.4 Å². The molecule has 0 aliphatic rings. The Kier molecular flexibility index (Phi) is 7.44. The number of rotatable bonds is 6. The summed E-state index contributed by atoms with van der Waals surface area (Å²) in [5.74, 6) is -0.178. The van der Waals surface area contributed by atoms with Crippen LogP contribution in [0.2, 0.25) is 0 Å². The van der Waals surface area contributed by atoms with Crippen LogP contribution in [0.3, 0.4) is 0 Å². The zero-order valence-corrected chi connectivity index (χ0v) is 20.4. The summed E-state index contributed by atoms with van der Waals surface area (Å²) in [6.07, 6.45) is -8.29. The summed E-state index contributed by atoms with van der Waals surface area (Å²) >= 11 is 0. The van der Waals surface area contributed by atoms with Gasteiger partial charge in [-0.15, -0.1) is 0 Å². The van der Waals surface area contributed by atoms with E-state index in [9.17, 15) is 31.1 Å². The number of aromatic nitrogens is 2. The normalized spacial score (nSPS) is 12.2. The first kappa shape index (κ1) is 27.1. The van der Waals surface area contributed by atoms with Gasteiger partial charge in [0.15, 0.2) is 5.82 Å². The van der Waals surface area contributed by atoms with E-state index < -0.39 is 29.4 Å². The fraction of sp³-hybridized carbons (Fsp3) is 0.250. The number of halogens is 6. The monoisotopic (exact) mass is 531 g/mol. The van der Waals surface area contributed by atoms with Gasteiger partial charge in [-0.3, -0.25) is 4.79 Å². The molecule has 4 aromatic rings. The topological polar surface area (TPSA) is 54.9 Å². The molecule has 1 aromatic heterocycles. The Morgan fingerprint density at radius 3 is 1.95 bits per heavy atom. The molecule has 0 aliphatic heterocycles. The highest BCUT2D eigenvalue weighted by atomic mass is 19.4. The molecule has 3 aromatic carbocycles. The van der Waals surface area contributed by atoms with E-state index >= 15 is 0 Å². The van der Waals surface area contributed by atoms with Crippen molar-refractivity contribution < 1.29 is 31.1 Å². The van der Waals surface area contributed by atoms with E-state index in [1.54, 1.807) is 12.1 Å². The first-order chi connectivity index (χ1) is 17.8. The molecule has 4 rings (SSSR count). The van der Waals surface area contributed by atoms with E-state index in [1.807, 2.05) is 12.1 Å². The molecule has 0 aliphatic carbocycles. The third-order valence-electron chi connectivity index (χ3n) is 5.83.